The van der Waals surface area contributed by atoms with Gasteiger partial charge in [-0.05, 0) is 55.8 Å². The standard InChI is InChI=1S/C29H29N7O2/c1-19-7-6-10-22(15-19)36-28(37)23(20(2)33-36)18-30-26-16-24-25(32-29(38)31-24)17-27(26)35-13-11-34(12-14-35)21-8-4-3-5-9-21/h3-10,15-18,33H,11-14H2,1-2H3,(H2,31,32,38). The molecular formula is C29H29N7O2. The number of benzene rings is 3. The topological polar surface area (TPSA) is 105 Å². The molecule has 1 aliphatic heterocycles. The number of H-pyrrole nitrogens is 3. The summed E-state index contributed by atoms with van der Waals surface area (Å²) in [5.41, 5.74) is 6.89. The highest BCUT2D eigenvalue weighted by Gasteiger charge is 2.21. The Labute approximate surface area is 219 Å². The quantitative estimate of drug-likeness (QED) is 0.312. The minimum Gasteiger partial charge on any atom is -0.368 e. The van der Waals surface area contributed by atoms with E-state index in [2.05, 4.69) is 49.1 Å². The van der Waals surface area contributed by atoms with Gasteiger partial charge in [-0.3, -0.25) is 14.9 Å². The van der Waals surface area contributed by atoms with Crippen molar-refractivity contribution in [3.8, 4) is 5.69 Å². The van der Waals surface area contributed by atoms with Crippen LogP contribution >= 0.6 is 0 Å². The number of anilines is 2. The van der Waals surface area contributed by atoms with E-state index in [1.807, 2.05) is 56.3 Å². The summed E-state index contributed by atoms with van der Waals surface area (Å²) in [4.78, 5) is 40.4. The zero-order chi connectivity index (χ0) is 26.2. The molecule has 1 aliphatic rings. The van der Waals surface area contributed by atoms with E-state index in [0.29, 0.717) is 16.8 Å². The van der Waals surface area contributed by atoms with Crippen molar-refractivity contribution in [2.75, 3.05) is 36.0 Å². The molecule has 3 aromatic carbocycles. The first-order chi connectivity index (χ1) is 18.5. The normalized spacial score (nSPS) is 14.2. The van der Waals surface area contributed by atoms with E-state index in [-0.39, 0.29) is 11.2 Å². The van der Waals surface area contributed by atoms with Gasteiger partial charge in [0, 0.05) is 43.8 Å². The molecule has 9 heteroatoms. The highest BCUT2D eigenvalue weighted by molar-refractivity contribution is 5.91. The maximum absolute atomic E-state index is 13.3. The lowest BCUT2D eigenvalue weighted by molar-refractivity contribution is 0.654. The van der Waals surface area contributed by atoms with Crippen LogP contribution in [-0.2, 0) is 0 Å². The third-order valence-corrected chi connectivity index (χ3v) is 7.06. The zero-order valence-electron chi connectivity index (χ0n) is 21.4. The van der Waals surface area contributed by atoms with Crippen molar-refractivity contribution in [1.29, 1.82) is 0 Å². The van der Waals surface area contributed by atoms with E-state index in [1.54, 1.807) is 10.9 Å². The van der Waals surface area contributed by atoms with Gasteiger partial charge in [0.15, 0.2) is 0 Å². The van der Waals surface area contributed by atoms with Crippen molar-refractivity contribution >= 4 is 34.3 Å². The summed E-state index contributed by atoms with van der Waals surface area (Å²) in [6.07, 6.45) is 1.62. The maximum Gasteiger partial charge on any atom is 0.323 e. The van der Waals surface area contributed by atoms with Crippen molar-refractivity contribution in [2.45, 2.75) is 13.8 Å². The molecule has 1 fully saturated rings. The van der Waals surface area contributed by atoms with Gasteiger partial charge in [0.05, 0.1) is 33.7 Å². The first kappa shape index (κ1) is 23.6. The van der Waals surface area contributed by atoms with Crippen molar-refractivity contribution < 1.29 is 0 Å². The number of nitrogens with zero attached hydrogens (tertiary/aromatic N) is 4. The Balaban J connectivity index is 1.34. The van der Waals surface area contributed by atoms with Gasteiger partial charge in [-0.1, -0.05) is 30.3 Å². The summed E-state index contributed by atoms with van der Waals surface area (Å²) in [7, 11) is 0. The predicted octanol–water partition coefficient (Wildman–Crippen LogP) is 4.03. The van der Waals surface area contributed by atoms with Crippen molar-refractivity contribution in [1.82, 2.24) is 19.7 Å². The number of piperazine rings is 1. The Morgan fingerprint density at radius 3 is 2.21 bits per heavy atom. The number of aromatic amines is 3. The van der Waals surface area contributed by atoms with E-state index in [4.69, 9.17) is 4.99 Å². The summed E-state index contributed by atoms with van der Waals surface area (Å²) in [5, 5.41) is 3.17. The van der Waals surface area contributed by atoms with Crippen LogP contribution in [0.1, 0.15) is 16.8 Å². The summed E-state index contributed by atoms with van der Waals surface area (Å²) in [6, 6.07) is 22.0. The molecule has 192 valence electrons. The molecule has 2 aromatic heterocycles. The smallest absolute Gasteiger partial charge is 0.323 e. The highest BCUT2D eigenvalue weighted by atomic mass is 16.1. The van der Waals surface area contributed by atoms with Crippen LogP contribution in [0.25, 0.3) is 16.7 Å². The molecule has 0 amide bonds. The summed E-state index contributed by atoms with van der Waals surface area (Å²) in [5.74, 6) is 0. The number of aryl methyl sites for hydroxylation is 2. The molecule has 6 rings (SSSR count). The van der Waals surface area contributed by atoms with Crippen molar-refractivity contribution in [3.63, 3.8) is 0 Å². The predicted molar refractivity (Wildman–Crippen MR) is 153 cm³/mol. The lowest BCUT2D eigenvalue weighted by atomic mass is 10.1. The van der Waals surface area contributed by atoms with Gasteiger partial charge in [-0.25, -0.2) is 9.48 Å². The molecule has 0 unspecified atom stereocenters. The first-order valence-corrected chi connectivity index (χ1v) is 12.7. The highest BCUT2D eigenvalue weighted by Crippen LogP contribution is 2.33. The number of aromatic nitrogens is 4. The number of hydrogen-bond acceptors (Lipinski definition) is 5. The molecule has 9 nitrogen and oxygen atoms in total. The number of nitrogens with one attached hydrogen (secondary N) is 3. The second-order valence-electron chi connectivity index (χ2n) is 9.66. The number of rotatable bonds is 5. The SMILES string of the molecule is Cc1cccc(-n2[nH]c(C)c(C=Nc3cc4[nH]c(=O)[nH]c4cc3N3CCN(c4ccccc4)CC3)c2=O)c1. The lowest BCUT2D eigenvalue weighted by Crippen LogP contribution is -2.46. The van der Waals surface area contributed by atoms with Gasteiger partial charge in [-0.2, -0.15) is 0 Å². The van der Waals surface area contributed by atoms with Gasteiger partial charge < -0.3 is 19.8 Å². The van der Waals surface area contributed by atoms with Crippen LogP contribution in [0.2, 0.25) is 0 Å². The molecule has 0 aliphatic carbocycles. The minimum absolute atomic E-state index is 0.161. The molecule has 0 atom stereocenters. The summed E-state index contributed by atoms with van der Waals surface area (Å²) in [6.45, 7) is 7.21. The van der Waals surface area contributed by atoms with Gasteiger partial charge in [0.1, 0.15) is 0 Å². The van der Waals surface area contributed by atoms with Crippen LogP contribution in [-0.4, -0.2) is 52.1 Å². The maximum atomic E-state index is 13.3. The Morgan fingerprint density at radius 1 is 0.789 bits per heavy atom. The number of fused-ring (bicyclic) bond motifs is 1. The van der Waals surface area contributed by atoms with Crippen molar-refractivity contribution in [3.05, 3.63) is 104 Å². The molecule has 3 N–H and O–H groups in total. The fourth-order valence-corrected chi connectivity index (χ4v) is 5.06. The van der Waals surface area contributed by atoms with Crippen LogP contribution in [0.4, 0.5) is 17.1 Å². The van der Waals surface area contributed by atoms with E-state index >= 15 is 0 Å². The van der Waals surface area contributed by atoms with Crippen LogP contribution in [0.5, 0.6) is 0 Å². The Morgan fingerprint density at radius 2 is 1.47 bits per heavy atom. The monoisotopic (exact) mass is 507 g/mol. The number of hydrogen-bond donors (Lipinski definition) is 3. The number of aliphatic imine (C=N–C) groups is 1. The van der Waals surface area contributed by atoms with E-state index in [0.717, 1.165) is 54.3 Å². The molecule has 3 heterocycles. The molecule has 0 spiro atoms. The number of imidazole rings is 1. The molecule has 38 heavy (non-hydrogen) atoms. The van der Waals surface area contributed by atoms with Crippen LogP contribution in [0.15, 0.2) is 81.3 Å². The van der Waals surface area contributed by atoms with Crippen LogP contribution in [0.3, 0.4) is 0 Å². The van der Waals surface area contributed by atoms with Gasteiger partial charge in [-0.15, -0.1) is 0 Å². The van der Waals surface area contributed by atoms with Crippen LogP contribution in [0, 0.1) is 13.8 Å². The average Bonchev–Trinajstić information content (AvgIpc) is 3.44. The second kappa shape index (κ2) is 9.59. The van der Waals surface area contributed by atoms with E-state index < -0.39 is 0 Å². The average molecular weight is 508 g/mol. The molecular weight excluding hydrogens is 478 g/mol. The fraction of sp³-hybridized carbons (Fsp3) is 0.207. The third-order valence-electron chi connectivity index (χ3n) is 7.06. The third kappa shape index (κ3) is 4.43. The lowest BCUT2D eigenvalue weighted by Gasteiger charge is -2.37. The molecule has 0 saturated carbocycles. The van der Waals surface area contributed by atoms with Crippen LogP contribution < -0.4 is 21.0 Å². The Bertz CT molecular complexity index is 1750. The molecule has 0 radical (unpaired) electrons. The minimum atomic E-state index is -0.261. The number of para-hydroxylation sites is 1. The van der Waals surface area contributed by atoms with E-state index in [9.17, 15) is 9.59 Å². The molecule has 0 bridgehead atoms. The largest absolute Gasteiger partial charge is 0.368 e. The van der Waals surface area contributed by atoms with Gasteiger partial charge >= 0.3 is 5.69 Å². The first-order valence-electron chi connectivity index (χ1n) is 12.7. The van der Waals surface area contributed by atoms with E-state index in [1.165, 1.54) is 5.69 Å². The summed E-state index contributed by atoms with van der Waals surface area (Å²) < 4.78 is 1.54. The fourth-order valence-electron chi connectivity index (χ4n) is 5.06. The Hall–Kier alpha value is -4.79. The zero-order valence-corrected chi connectivity index (χ0v) is 21.4. The molecule has 1 saturated heterocycles. The van der Waals surface area contributed by atoms with Gasteiger partial charge in [0.2, 0.25) is 0 Å². The summed E-state index contributed by atoms with van der Waals surface area (Å²) >= 11 is 0. The second-order valence-corrected chi connectivity index (χ2v) is 9.66. The Kier molecular flexibility index (Phi) is 5.95. The van der Waals surface area contributed by atoms with Gasteiger partial charge in [0.25, 0.3) is 5.56 Å². The molecule has 5 aromatic rings. The van der Waals surface area contributed by atoms with Crippen molar-refractivity contribution in [2.24, 2.45) is 4.99 Å².